The van der Waals surface area contributed by atoms with Gasteiger partial charge in [0, 0.05) is 24.2 Å². The third-order valence-electron chi connectivity index (χ3n) is 3.11. The van der Waals surface area contributed by atoms with Crippen molar-refractivity contribution in [2.45, 2.75) is 31.8 Å². The minimum atomic E-state index is -0.483. The molecule has 1 aliphatic carbocycles. The Morgan fingerprint density at radius 1 is 1.67 bits per heavy atom. The van der Waals surface area contributed by atoms with Crippen molar-refractivity contribution in [1.29, 1.82) is 0 Å². The minimum absolute atomic E-state index is 0.483. The first kappa shape index (κ1) is 9.36. The van der Waals surface area contributed by atoms with E-state index in [1.165, 1.54) is 0 Å². The van der Waals surface area contributed by atoms with Crippen molar-refractivity contribution in [2.24, 2.45) is 5.92 Å². The molecule has 1 fully saturated rings. The highest BCUT2D eigenvalue weighted by Gasteiger charge is 2.40. The number of thiazole rings is 1. The largest absolute Gasteiger partial charge is 0.389 e. The average Bonchev–Trinajstić information content (AvgIpc) is 2.60. The van der Waals surface area contributed by atoms with E-state index in [-0.39, 0.29) is 0 Å². The van der Waals surface area contributed by atoms with Gasteiger partial charge in [-0.25, -0.2) is 4.98 Å². The molecule has 0 aromatic carbocycles. The van der Waals surface area contributed by atoms with Crippen LogP contribution < -0.4 is 0 Å². The summed E-state index contributed by atoms with van der Waals surface area (Å²) in [7, 11) is 0. The van der Waals surface area contributed by atoms with Crippen LogP contribution in [0.5, 0.6) is 0 Å². The van der Waals surface area contributed by atoms with Gasteiger partial charge in [0.15, 0.2) is 4.96 Å². The lowest BCUT2D eigenvalue weighted by Crippen LogP contribution is -2.44. The van der Waals surface area contributed by atoms with Crippen molar-refractivity contribution >= 4 is 16.3 Å². The van der Waals surface area contributed by atoms with Crippen LogP contribution in [0.1, 0.15) is 25.5 Å². The Hall–Kier alpha value is -0.870. The lowest BCUT2D eigenvalue weighted by molar-refractivity contribution is -0.0671. The molecule has 1 N–H and O–H groups in total. The third-order valence-corrected chi connectivity index (χ3v) is 3.88. The fraction of sp³-hybridized carbons (Fsp3) is 0.545. The molecule has 3 nitrogen and oxygen atoms in total. The number of nitrogens with zero attached hydrogens (tertiary/aromatic N) is 2. The number of aliphatic hydroxyl groups is 1. The molecule has 0 bridgehead atoms. The molecule has 2 heterocycles. The summed E-state index contributed by atoms with van der Waals surface area (Å²) in [6.07, 6.45) is 6.55. The monoisotopic (exact) mass is 222 g/mol. The fourth-order valence-electron chi connectivity index (χ4n) is 2.58. The lowest BCUT2D eigenvalue weighted by atomic mass is 9.70. The van der Waals surface area contributed by atoms with Crippen molar-refractivity contribution in [2.75, 3.05) is 0 Å². The third kappa shape index (κ3) is 1.58. The molecule has 0 unspecified atom stereocenters. The molecule has 0 aliphatic heterocycles. The summed E-state index contributed by atoms with van der Waals surface area (Å²) in [5, 5.41) is 12.2. The predicted octanol–water partition coefficient (Wildman–Crippen LogP) is 2.10. The number of imidazole rings is 1. The highest BCUT2D eigenvalue weighted by atomic mass is 32.1. The molecular weight excluding hydrogens is 208 g/mol. The second-order valence-corrected chi connectivity index (χ2v) is 5.61. The van der Waals surface area contributed by atoms with Crippen LogP contribution in [0.4, 0.5) is 0 Å². The van der Waals surface area contributed by atoms with Crippen molar-refractivity contribution in [1.82, 2.24) is 9.38 Å². The summed E-state index contributed by atoms with van der Waals surface area (Å²) in [4.78, 5) is 5.50. The molecule has 1 aliphatic rings. The Kier molecular flexibility index (Phi) is 1.91. The average molecular weight is 222 g/mol. The van der Waals surface area contributed by atoms with Crippen LogP contribution in [0.15, 0.2) is 17.8 Å². The molecule has 4 heteroatoms. The molecule has 1 saturated carbocycles. The molecule has 0 saturated heterocycles. The molecule has 2 aromatic heterocycles. The quantitative estimate of drug-likeness (QED) is 0.845. The molecule has 0 spiro atoms. The summed E-state index contributed by atoms with van der Waals surface area (Å²) in [6.45, 7) is 2.18. The van der Waals surface area contributed by atoms with Gasteiger partial charge in [0.25, 0.3) is 0 Å². The predicted molar refractivity (Wildman–Crippen MR) is 60.1 cm³/mol. The van der Waals surface area contributed by atoms with Crippen molar-refractivity contribution in [3.05, 3.63) is 23.5 Å². The summed E-state index contributed by atoms with van der Waals surface area (Å²) in [6, 6.07) is 0. The van der Waals surface area contributed by atoms with Gasteiger partial charge in [-0.05, 0) is 18.8 Å². The molecule has 80 valence electrons. The number of hydrogen-bond donors (Lipinski definition) is 1. The van der Waals surface area contributed by atoms with Gasteiger partial charge in [-0.1, -0.05) is 6.92 Å². The van der Waals surface area contributed by atoms with Gasteiger partial charge >= 0.3 is 0 Å². The first-order valence-corrected chi connectivity index (χ1v) is 6.16. The Morgan fingerprint density at radius 3 is 3.13 bits per heavy atom. The molecule has 0 radical (unpaired) electrons. The summed E-state index contributed by atoms with van der Waals surface area (Å²) in [5.74, 6) is 0.665. The van der Waals surface area contributed by atoms with E-state index in [2.05, 4.69) is 11.9 Å². The van der Waals surface area contributed by atoms with E-state index in [0.29, 0.717) is 12.3 Å². The van der Waals surface area contributed by atoms with Crippen LogP contribution in [-0.4, -0.2) is 20.1 Å². The highest BCUT2D eigenvalue weighted by molar-refractivity contribution is 7.15. The second-order valence-electron chi connectivity index (χ2n) is 4.74. The van der Waals surface area contributed by atoms with E-state index in [1.54, 1.807) is 11.3 Å². The van der Waals surface area contributed by atoms with Crippen LogP contribution in [0.25, 0.3) is 4.96 Å². The first-order chi connectivity index (χ1) is 7.15. The van der Waals surface area contributed by atoms with Crippen LogP contribution in [-0.2, 0) is 6.42 Å². The Balaban J connectivity index is 1.81. The fourth-order valence-corrected chi connectivity index (χ4v) is 3.30. The van der Waals surface area contributed by atoms with Crippen LogP contribution >= 0.6 is 11.3 Å². The SMILES string of the molecule is CC1CC(O)(Cc2cn3ccsc3n2)C1. The maximum absolute atomic E-state index is 10.2. The van der Waals surface area contributed by atoms with Crippen molar-refractivity contribution in [3.63, 3.8) is 0 Å². The molecule has 3 rings (SSSR count). The topological polar surface area (TPSA) is 37.5 Å². The van der Waals surface area contributed by atoms with E-state index in [1.807, 2.05) is 22.2 Å². The maximum atomic E-state index is 10.2. The Morgan fingerprint density at radius 2 is 2.47 bits per heavy atom. The first-order valence-electron chi connectivity index (χ1n) is 5.28. The summed E-state index contributed by atoms with van der Waals surface area (Å²) < 4.78 is 2.02. The van der Waals surface area contributed by atoms with E-state index in [4.69, 9.17) is 0 Å². The minimum Gasteiger partial charge on any atom is -0.389 e. The number of fused-ring (bicyclic) bond motifs is 1. The zero-order valence-corrected chi connectivity index (χ0v) is 9.50. The number of rotatable bonds is 2. The zero-order valence-electron chi connectivity index (χ0n) is 8.68. The highest BCUT2D eigenvalue weighted by Crippen LogP contribution is 2.39. The number of aromatic nitrogens is 2. The normalized spacial score (nSPS) is 30.7. The van der Waals surface area contributed by atoms with E-state index in [9.17, 15) is 5.11 Å². The number of hydrogen-bond acceptors (Lipinski definition) is 3. The standard InChI is InChI=1S/C11H14N2OS/c1-8-4-11(14,5-8)6-9-7-13-2-3-15-10(13)12-9/h2-3,7-8,14H,4-6H2,1H3. The van der Waals surface area contributed by atoms with E-state index >= 15 is 0 Å². The Labute approximate surface area is 92.4 Å². The molecule has 0 amide bonds. The molecular formula is C11H14N2OS. The van der Waals surface area contributed by atoms with Gasteiger partial charge in [0.2, 0.25) is 0 Å². The second kappa shape index (κ2) is 3.06. The molecule has 2 aromatic rings. The lowest BCUT2D eigenvalue weighted by Gasteiger charge is -2.41. The van der Waals surface area contributed by atoms with Gasteiger partial charge in [-0.15, -0.1) is 11.3 Å². The molecule has 15 heavy (non-hydrogen) atoms. The van der Waals surface area contributed by atoms with Gasteiger partial charge < -0.3 is 5.11 Å². The smallest absolute Gasteiger partial charge is 0.193 e. The van der Waals surface area contributed by atoms with Crippen molar-refractivity contribution < 1.29 is 5.11 Å². The van der Waals surface area contributed by atoms with Crippen molar-refractivity contribution in [3.8, 4) is 0 Å². The van der Waals surface area contributed by atoms with Gasteiger partial charge in [-0.3, -0.25) is 4.40 Å². The maximum Gasteiger partial charge on any atom is 0.193 e. The van der Waals surface area contributed by atoms with E-state index in [0.717, 1.165) is 23.5 Å². The van der Waals surface area contributed by atoms with Crippen LogP contribution in [0.2, 0.25) is 0 Å². The van der Waals surface area contributed by atoms with E-state index < -0.39 is 5.60 Å². The summed E-state index contributed by atoms with van der Waals surface area (Å²) in [5.41, 5.74) is 0.528. The summed E-state index contributed by atoms with van der Waals surface area (Å²) >= 11 is 1.63. The molecule has 0 atom stereocenters. The Bertz CT molecular complexity index is 453. The van der Waals surface area contributed by atoms with Crippen LogP contribution in [0.3, 0.4) is 0 Å². The van der Waals surface area contributed by atoms with Crippen LogP contribution in [0, 0.1) is 5.92 Å². The van der Waals surface area contributed by atoms with Gasteiger partial charge in [0.05, 0.1) is 11.3 Å². The van der Waals surface area contributed by atoms with Gasteiger partial charge in [0.1, 0.15) is 0 Å². The zero-order chi connectivity index (χ0) is 10.5. The van der Waals surface area contributed by atoms with Gasteiger partial charge in [-0.2, -0.15) is 0 Å².